The predicted molar refractivity (Wildman–Crippen MR) is 276 cm³/mol. The highest BCUT2D eigenvalue weighted by molar-refractivity contribution is 5.76. The van der Waals surface area contributed by atoms with E-state index in [4.69, 9.17) is 9.47 Å². The van der Waals surface area contributed by atoms with Crippen molar-refractivity contribution in [2.45, 2.75) is 256 Å². The Morgan fingerprint density at radius 1 is 0.530 bits per heavy atom. The molecule has 1 heterocycles. The predicted octanol–water partition coefficient (Wildman–Crippen LogP) is 12.7. The topological polar surface area (TPSA) is 149 Å². The molecule has 0 aromatic rings. The normalized spacial score (nSPS) is 20.5. The monoisotopic (exact) mass is 926 g/mol. The van der Waals surface area contributed by atoms with E-state index in [0.29, 0.717) is 12.8 Å². The van der Waals surface area contributed by atoms with Gasteiger partial charge >= 0.3 is 0 Å². The fourth-order valence-electron chi connectivity index (χ4n) is 8.03. The van der Waals surface area contributed by atoms with Crippen LogP contribution in [0, 0.1) is 0 Å². The van der Waals surface area contributed by atoms with Gasteiger partial charge in [-0.2, -0.15) is 0 Å². The second-order valence-electron chi connectivity index (χ2n) is 18.3. The molecule has 1 amide bonds. The third-order valence-electron chi connectivity index (χ3n) is 12.3. The first-order chi connectivity index (χ1) is 32.3. The van der Waals surface area contributed by atoms with Crippen LogP contribution in [0.5, 0.6) is 0 Å². The summed E-state index contributed by atoms with van der Waals surface area (Å²) in [4.78, 5) is 13.0. The Labute approximate surface area is 403 Å². The molecule has 1 fully saturated rings. The molecule has 9 heteroatoms. The molecular formula is C57H99NO8. The zero-order chi connectivity index (χ0) is 48.0. The summed E-state index contributed by atoms with van der Waals surface area (Å²) in [5.74, 6) is -0.203. The number of hydrogen-bond donors (Lipinski definition) is 6. The van der Waals surface area contributed by atoms with E-state index >= 15 is 0 Å². The molecule has 0 spiro atoms. The lowest BCUT2D eigenvalue weighted by Gasteiger charge is -2.40. The number of aliphatic hydroxyl groups is 5. The fourth-order valence-corrected chi connectivity index (χ4v) is 8.03. The minimum absolute atomic E-state index is 0.166. The number of carbonyl (C=O) groups excluding carboxylic acids is 1. The van der Waals surface area contributed by atoms with Crippen LogP contribution in [0.15, 0.2) is 85.1 Å². The molecule has 1 rings (SSSR count). The summed E-state index contributed by atoms with van der Waals surface area (Å²) in [7, 11) is 0. The van der Waals surface area contributed by atoms with Gasteiger partial charge in [0.15, 0.2) is 6.29 Å². The average Bonchev–Trinajstić information content (AvgIpc) is 3.32. The number of ether oxygens (including phenoxy) is 2. The first-order valence-electron chi connectivity index (χ1n) is 26.8. The molecule has 66 heavy (non-hydrogen) atoms. The Morgan fingerprint density at radius 2 is 0.924 bits per heavy atom. The molecule has 1 saturated heterocycles. The lowest BCUT2D eigenvalue weighted by atomic mass is 9.99. The van der Waals surface area contributed by atoms with Crippen LogP contribution >= 0.6 is 0 Å². The second kappa shape index (κ2) is 46.1. The number of nitrogens with one attached hydrogen (secondary N) is 1. The highest BCUT2D eigenvalue weighted by Crippen LogP contribution is 2.23. The zero-order valence-electron chi connectivity index (χ0n) is 41.9. The highest BCUT2D eigenvalue weighted by Gasteiger charge is 2.44. The largest absolute Gasteiger partial charge is 0.394 e. The van der Waals surface area contributed by atoms with Gasteiger partial charge in [0.2, 0.25) is 5.91 Å². The van der Waals surface area contributed by atoms with Crippen molar-refractivity contribution >= 4 is 5.91 Å². The van der Waals surface area contributed by atoms with Gasteiger partial charge in [-0.1, -0.05) is 227 Å². The third kappa shape index (κ3) is 35.5. The van der Waals surface area contributed by atoms with Crippen molar-refractivity contribution in [1.29, 1.82) is 0 Å². The van der Waals surface area contributed by atoms with E-state index in [1.54, 1.807) is 0 Å². The molecule has 7 atom stereocenters. The van der Waals surface area contributed by atoms with Gasteiger partial charge in [0.1, 0.15) is 24.4 Å². The van der Waals surface area contributed by atoms with E-state index in [1.165, 1.54) is 109 Å². The van der Waals surface area contributed by atoms with Gasteiger partial charge in [-0.3, -0.25) is 4.79 Å². The van der Waals surface area contributed by atoms with Crippen molar-refractivity contribution in [2.24, 2.45) is 0 Å². The van der Waals surface area contributed by atoms with Crippen molar-refractivity contribution in [1.82, 2.24) is 5.32 Å². The molecule has 1 aliphatic rings. The van der Waals surface area contributed by atoms with Crippen LogP contribution in [0.4, 0.5) is 0 Å². The van der Waals surface area contributed by atoms with Crippen LogP contribution in [0.25, 0.3) is 0 Å². The van der Waals surface area contributed by atoms with Gasteiger partial charge in [0.25, 0.3) is 0 Å². The summed E-state index contributed by atoms with van der Waals surface area (Å²) in [6.07, 6.45) is 57.4. The van der Waals surface area contributed by atoms with Crippen molar-refractivity contribution in [3.8, 4) is 0 Å². The summed E-state index contributed by atoms with van der Waals surface area (Å²) >= 11 is 0. The minimum atomic E-state index is -1.57. The van der Waals surface area contributed by atoms with Gasteiger partial charge in [-0.05, 0) is 64.2 Å². The summed E-state index contributed by atoms with van der Waals surface area (Å²) in [5, 5.41) is 54.5. The van der Waals surface area contributed by atoms with Gasteiger partial charge in [0.05, 0.1) is 25.4 Å². The van der Waals surface area contributed by atoms with E-state index < -0.39 is 49.5 Å². The smallest absolute Gasteiger partial charge is 0.220 e. The molecule has 0 aromatic carbocycles. The number of rotatable bonds is 44. The first kappa shape index (κ1) is 61.4. The number of aliphatic hydroxyl groups excluding tert-OH is 5. The maximum absolute atomic E-state index is 13.0. The van der Waals surface area contributed by atoms with Crippen molar-refractivity contribution in [2.75, 3.05) is 13.2 Å². The van der Waals surface area contributed by atoms with Crippen LogP contribution < -0.4 is 5.32 Å². The molecular weight excluding hydrogens is 827 g/mol. The summed E-state index contributed by atoms with van der Waals surface area (Å²) in [6.45, 7) is 3.69. The van der Waals surface area contributed by atoms with E-state index in [9.17, 15) is 30.3 Å². The Bertz CT molecular complexity index is 1300. The lowest BCUT2D eigenvalue weighted by molar-refractivity contribution is -0.302. The van der Waals surface area contributed by atoms with E-state index in [1.807, 2.05) is 0 Å². The van der Waals surface area contributed by atoms with Crippen LogP contribution in [0.2, 0.25) is 0 Å². The maximum Gasteiger partial charge on any atom is 0.220 e. The number of unbranched alkanes of at least 4 members (excludes halogenated alkanes) is 20. The molecule has 380 valence electrons. The zero-order valence-corrected chi connectivity index (χ0v) is 41.9. The summed E-state index contributed by atoms with van der Waals surface area (Å²) in [5.41, 5.74) is 0. The fraction of sp³-hybridized carbons (Fsp3) is 0.737. The molecule has 0 bridgehead atoms. The Hall–Kier alpha value is -2.63. The van der Waals surface area contributed by atoms with E-state index in [2.05, 4.69) is 104 Å². The number of amides is 1. The summed E-state index contributed by atoms with van der Waals surface area (Å²) < 4.78 is 11.3. The molecule has 0 aliphatic carbocycles. The standard InChI is InChI=1S/C57H99NO8/c1-3-5-7-9-11-13-15-17-19-21-23-25-26-27-29-31-33-35-37-39-41-43-45-47-53(61)58-50(49-65-57-56(64)55(63)54(62)52(48-59)66-57)51(60)46-44-42-40-38-36-34-32-30-28-24-22-20-18-16-14-12-10-8-6-4-2/h5,7,11,13,17,19,23,25,27,29,33,35,39,41,50-52,54-57,59-60,62-64H,3-4,6,8-10,12,14-16,18,20-22,24,26,28,30-32,34,36-38,40,42-49H2,1-2H3,(H,58,61)/b7-5-,13-11-,19-17-,25-23-,29-27-,35-33-,41-39-. The third-order valence-corrected chi connectivity index (χ3v) is 12.3. The number of carbonyl (C=O) groups is 1. The Balaban J connectivity index is 2.32. The van der Waals surface area contributed by atoms with Crippen LogP contribution in [-0.2, 0) is 14.3 Å². The first-order valence-corrected chi connectivity index (χ1v) is 26.8. The van der Waals surface area contributed by atoms with Crippen molar-refractivity contribution < 1.29 is 39.8 Å². The Morgan fingerprint density at radius 3 is 1.33 bits per heavy atom. The minimum Gasteiger partial charge on any atom is -0.394 e. The quantitative estimate of drug-likeness (QED) is 0.0261. The van der Waals surface area contributed by atoms with Gasteiger partial charge in [-0.25, -0.2) is 0 Å². The molecule has 6 N–H and O–H groups in total. The average molecular weight is 926 g/mol. The van der Waals surface area contributed by atoms with Gasteiger partial charge in [0, 0.05) is 6.42 Å². The molecule has 1 aliphatic heterocycles. The maximum atomic E-state index is 13.0. The summed E-state index contributed by atoms with van der Waals surface area (Å²) in [6, 6.07) is -0.756. The second-order valence-corrected chi connectivity index (χ2v) is 18.3. The SMILES string of the molecule is CC/C=C\C/C=C\C/C=C\C/C=C\C/C=C\C/C=C\C/C=C\CCCC(=O)NC(COC1OC(CO)C(O)C(O)C1O)C(O)CCCCCCCCCCCCCCCCCCCCCC. The molecule has 0 saturated carbocycles. The van der Waals surface area contributed by atoms with Gasteiger partial charge in [-0.15, -0.1) is 0 Å². The van der Waals surface area contributed by atoms with Crippen LogP contribution in [-0.4, -0.2) is 87.5 Å². The van der Waals surface area contributed by atoms with Crippen molar-refractivity contribution in [3.63, 3.8) is 0 Å². The van der Waals surface area contributed by atoms with Crippen LogP contribution in [0.3, 0.4) is 0 Å². The lowest BCUT2D eigenvalue weighted by Crippen LogP contribution is -2.60. The van der Waals surface area contributed by atoms with Crippen molar-refractivity contribution in [3.05, 3.63) is 85.1 Å². The van der Waals surface area contributed by atoms with E-state index in [-0.39, 0.29) is 18.9 Å². The number of hydrogen-bond acceptors (Lipinski definition) is 8. The molecule has 7 unspecified atom stereocenters. The van der Waals surface area contributed by atoms with Gasteiger partial charge < -0.3 is 40.3 Å². The van der Waals surface area contributed by atoms with E-state index in [0.717, 1.165) is 70.6 Å². The number of allylic oxidation sites excluding steroid dienone is 14. The molecule has 0 radical (unpaired) electrons. The Kier molecular flexibility index (Phi) is 42.9. The van der Waals surface area contributed by atoms with Crippen LogP contribution in [0.1, 0.15) is 213 Å². The molecule has 9 nitrogen and oxygen atoms in total. The highest BCUT2D eigenvalue weighted by atomic mass is 16.7. The molecule has 0 aromatic heterocycles.